The molecule has 0 bridgehead atoms. The maximum atomic E-state index is 9.97. The first kappa shape index (κ1) is 18.6. The fourth-order valence-corrected chi connectivity index (χ4v) is 4.62. The number of phenols is 1. The summed E-state index contributed by atoms with van der Waals surface area (Å²) in [5.41, 5.74) is 5.35. The molecule has 28 heavy (non-hydrogen) atoms. The van der Waals surface area contributed by atoms with Crippen LogP contribution >= 0.6 is 0 Å². The van der Waals surface area contributed by atoms with Crippen LogP contribution in [0.3, 0.4) is 0 Å². The molecule has 3 atom stereocenters. The summed E-state index contributed by atoms with van der Waals surface area (Å²) < 4.78 is 5.67. The van der Waals surface area contributed by atoms with Gasteiger partial charge >= 0.3 is 0 Å². The lowest BCUT2D eigenvalue weighted by Gasteiger charge is -2.36. The van der Waals surface area contributed by atoms with Crippen LogP contribution < -0.4 is 4.74 Å². The molecule has 0 amide bonds. The van der Waals surface area contributed by atoms with E-state index in [1.807, 2.05) is 12.1 Å². The number of fused-ring (bicyclic) bond motifs is 1. The van der Waals surface area contributed by atoms with Crippen LogP contribution in [-0.4, -0.2) is 11.7 Å². The van der Waals surface area contributed by atoms with Gasteiger partial charge in [-0.2, -0.15) is 0 Å². The van der Waals surface area contributed by atoms with E-state index in [2.05, 4.69) is 62.1 Å². The zero-order valence-corrected chi connectivity index (χ0v) is 16.5. The van der Waals surface area contributed by atoms with Gasteiger partial charge in [0, 0.05) is 5.92 Å². The zero-order valence-electron chi connectivity index (χ0n) is 16.5. The Bertz CT molecular complexity index is 905. The lowest BCUT2D eigenvalue weighted by atomic mass is 9.68. The predicted octanol–water partition coefficient (Wildman–Crippen LogP) is 6.17. The molecule has 0 spiro atoms. The molecule has 0 aliphatic heterocycles. The fraction of sp³-hybridized carbons (Fsp3) is 0.308. The second kappa shape index (κ2) is 8.10. The molecule has 2 nitrogen and oxygen atoms in total. The van der Waals surface area contributed by atoms with Gasteiger partial charge in [-0.15, -0.1) is 0 Å². The maximum absolute atomic E-state index is 9.97. The quantitative estimate of drug-likeness (QED) is 0.636. The van der Waals surface area contributed by atoms with E-state index in [4.69, 9.17) is 4.74 Å². The van der Waals surface area contributed by atoms with Crippen LogP contribution in [0, 0.1) is 11.8 Å². The number of rotatable bonds is 5. The van der Waals surface area contributed by atoms with E-state index in [9.17, 15) is 5.11 Å². The lowest BCUT2D eigenvalue weighted by Crippen LogP contribution is -2.24. The monoisotopic (exact) mass is 372 g/mol. The zero-order chi connectivity index (χ0) is 19.5. The van der Waals surface area contributed by atoms with Crippen molar-refractivity contribution in [2.45, 2.75) is 32.1 Å². The van der Waals surface area contributed by atoms with E-state index in [1.54, 1.807) is 6.08 Å². The SMILES string of the molecule is C=CCOc1ccc(C2c3ccc(O)cc3CCC2C2=CC(C)CC=C2)cc1. The second-order valence-electron chi connectivity index (χ2n) is 7.96. The highest BCUT2D eigenvalue weighted by atomic mass is 16.5. The predicted molar refractivity (Wildman–Crippen MR) is 115 cm³/mol. The van der Waals surface area contributed by atoms with E-state index >= 15 is 0 Å². The molecule has 144 valence electrons. The minimum atomic E-state index is 0.291. The number of benzene rings is 2. The third-order valence-electron chi connectivity index (χ3n) is 5.92. The van der Waals surface area contributed by atoms with E-state index in [-0.39, 0.29) is 0 Å². The average molecular weight is 373 g/mol. The van der Waals surface area contributed by atoms with Crippen molar-refractivity contribution in [3.05, 3.63) is 95.6 Å². The molecule has 2 heteroatoms. The molecule has 2 aliphatic rings. The van der Waals surface area contributed by atoms with Gasteiger partial charge in [0.25, 0.3) is 0 Å². The van der Waals surface area contributed by atoms with Gasteiger partial charge in [-0.1, -0.05) is 56.0 Å². The Morgan fingerprint density at radius 2 is 2.00 bits per heavy atom. The number of hydrogen-bond donors (Lipinski definition) is 1. The minimum absolute atomic E-state index is 0.291. The van der Waals surface area contributed by atoms with Gasteiger partial charge in [-0.25, -0.2) is 0 Å². The van der Waals surface area contributed by atoms with Crippen molar-refractivity contribution in [1.29, 1.82) is 0 Å². The summed E-state index contributed by atoms with van der Waals surface area (Å²) in [5, 5.41) is 9.97. The van der Waals surface area contributed by atoms with Crippen molar-refractivity contribution in [1.82, 2.24) is 0 Å². The lowest BCUT2D eigenvalue weighted by molar-refractivity contribution is 0.363. The van der Waals surface area contributed by atoms with Crippen molar-refractivity contribution in [2.75, 3.05) is 6.61 Å². The van der Waals surface area contributed by atoms with Crippen LogP contribution in [0.2, 0.25) is 0 Å². The molecule has 4 rings (SSSR count). The highest BCUT2D eigenvalue weighted by Gasteiger charge is 2.33. The van der Waals surface area contributed by atoms with Crippen molar-refractivity contribution in [3.63, 3.8) is 0 Å². The number of aryl methyl sites for hydroxylation is 1. The Balaban J connectivity index is 1.74. The molecular weight excluding hydrogens is 344 g/mol. The fourth-order valence-electron chi connectivity index (χ4n) is 4.62. The summed E-state index contributed by atoms with van der Waals surface area (Å²) in [7, 11) is 0. The molecule has 0 fully saturated rings. The molecular formula is C26H28O2. The first-order valence-corrected chi connectivity index (χ1v) is 10.2. The molecule has 0 aromatic heterocycles. The summed E-state index contributed by atoms with van der Waals surface area (Å²) in [5.74, 6) is 2.56. The second-order valence-corrected chi connectivity index (χ2v) is 7.96. The van der Waals surface area contributed by atoms with Crippen LogP contribution in [0.25, 0.3) is 0 Å². The van der Waals surface area contributed by atoms with Crippen molar-refractivity contribution >= 4 is 0 Å². The molecule has 0 heterocycles. The Morgan fingerprint density at radius 3 is 2.75 bits per heavy atom. The Hall–Kier alpha value is -2.74. The van der Waals surface area contributed by atoms with Gasteiger partial charge < -0.3 is 9.84 Å². The van der Waals surface area contributed by atoms with Crippen molar-refractivity contribution in [2.24, 2.45) is 11.8 Å². The Labute approximate surface area is 167 Å². The largest absolute Gasteiger partial charge is 0.508 e. The number of hydrogen-bond acceptors (Lipinski definition) is 2. The summed E-state index contributed by atoms with van der Waals surface area (Å²) in [6.45, 7) is 6.52. The third-order valence-corrected chi connectivity index (χ3v) is 5.92. The summed E-state index contributed by atoms with van der Waals surface area (Å²) in [4.78, 5) is 0. The summed E-state index contributed by atoms with van der Waals surface area (Å²) >= 11 is 0. The van der Waals surface area contributed by atoms with Crippen LogP contribution in [0.15, 0.2) is 78.9 Å². The van der Waals surface area contributed by atoms with Gasteiger partial charge in [0.2, 0.25) is 0 Å². The first-order chi connectivity index (χ1) is 13.7. The van der Waals surface area contributed by atoms with Crippen LogP contribution in [0.5, 0.6) is 11.5 Å². The average Bonchev–Trinajstić information content (AvgIpc) is 2.71. The van der Waals surface area contributed by atoms with Gasteiger partial charge in [0.05, 0.1) is 0 Å². The van der Waals surface area contributed by atoms with Crippen molar-refractivity contribution < 1.29 is 9.84 Å². The van der Waals surface area contributed by atoms with Crippen LogP contribution in [0.1, 0.15) is 42.4 Å². The van der Waals surface area contributed by atoms with Crippen molar-refractivity contribution in [3.8, 4) is 11.5 Å². The van der Waals surface area contributed by atoms with E-state index < -0.39 is 0 Å². The standard InChI is InChI=1S/C26H28O2/c1-3-15-28-23-11-7-19(8-12-23)26-24(20-6-4-5-18(2)16-20)13-9-21-17-22(27)10-14-25(21)26/h3-4,6-8,10-12,14,16-18,24,26-27H,1,5,9,13,15H2,2H3. The van der Waals surface area contributed by atoms with Crippen LogP contribution in [0.4, 0.5) is 0 Å². The number of phenolic OH excluding ortho intramolecular Hbond substituents is 1. The minimum Gasteiger partial charge on any atom is -0.508 e. The molecule has 3 unspecified atom stereocenters. The Morgan fingerprint density at radius 1 is 1.18 bits per heavy atom. The number of aromatic hydroxyl groups is 1. The molecule has 2 aromatic rings. The summed E-state index contributed by atoms with van der Waals surface area (Å²) in [6.07, 6.45) is 12.1. The number of allylic oxidation sites excluding steroid dienone is 4. The van der Waals surface area contributed by atoms with Crippen LogP contribution in [-0.2, 0) is 6.42 Å². The maximum Gasteiger partial charge on any atom is 0.119 e. The molecule has 2 aromatic carbocycles. The van der Waals surface area contributed by atoms with Gasteiger partial charge in [-0.3, -0.25) is 0 Å². The molecule has 0 saturated heterocycles. The number of ether oxygens (including phenoxy) is 1. The first-order valence-electron chi connectivity index (χ1n) is 10.2. The topological polar surface area (TPSA) is 29.5 Å². The highest BCUT2D eigenvalue weighted by Crippen LogP contribution is 2.46. The van der Waals surface area contributed by atoms with Gasteiger partial charge in [-0.05, 0) is 77.6 Å². The molecule has 2 aliphatic carbocycles. The van der Waals surface area contributed by atoms with E-state index in [0.29, 0.717) is 30.1 Å². The highest BCUT2D eigenvalue weighted by molar-refractivity contribution is 5.48. The van der Waals surface area contributed by atoms with Gasteiger partial charge in [0.15, 0.2) is 0 Å². The Kier molecular flexibility index (Phi) is 5.38. The molecule has 0 saturated carbocycles. The van der Waals surface area contributed by atoms with E-state index in [0.717, 1.165) is 25.0 Å². The van der Waals surface area contributed by atoms with E-state index in [1.165, 1.54) is 22.3 Å². The van der Waals surface area contributed by atoms with Gasteiger partial charge in [0.1, 0.15) is 18.1 Å². The normalized spacial score (nSPS) is 23.6. The smallest absolute Gasteiger partial charge is 0.119 e. The molecule has 1 N–H and O–H groups in total. The third kappa shape index (κ3) is 3.77. The molecule has 0 radical (unpaired) electrons. The summed E-state index contributed by atoms with van der Waals surface area (Å²) in [6, 6.07) is 14.4.